The summed E-state index contributed by atoms with van der Waals surface area (Å²) in [5.41, 5.74) is 1.84. The van der Waals surface area contributed by atoms with Crippen LogP contribution in [-0.2, 0) is 16.1 Å². The number of nitrogens with one attached hydrogen (secondary N) is 1. The molecule has 0 radical (unpaired) electrons. The fourth-order valence-electron chi connectivity index (χ4n) is 3.91. The maximum Gasteiger partial charge on any atom is 0.307 e. The van der Waals surface area contributed by atoms with Crippen molar-refractivity contribution in [3.63, 3.8) is 0 Å². The molecular weight excluding hydrogens is 336 g/mol. The zero-order valence-electron chi connectivity index (χ0n) is 13.5. The number of aliphatic carboxylic acids is 1. The zero-order chi connectivity index (χ0) is 17.4. The minimum atomic E-state index is -0.878. The van der Waals surface area contributed by atoms with Gasteiger partial charge in [0.15, 0.2) is 0 Å². The largest absolute Gasteiger partial charge is 0.481 e. The number of nitrogens with zero attached hydrogens (tertiary/aromatic N) is 1. The van der Waals surface area contributed by atoms with E-state index in [-0.39, 0.29) is 17.7 Å². The van der Waals surface area contributed by atoms with Crippen LogP contribution in [0.5, 0.6) is 0 Å². The summed E-state index contributed by atoms with van der Waals surface area (Å²) in [6.45, 7) is 0.326. The van der Waals surface area contributed by atoms with Crippen molar-refractivity contribution in [2.24, 2.45) is 23.7 Å². The van der Waals surface area contributed by atoms with E-state index in [1.807, 2.05) is 47.9 Å². The molecule has 1 aromatic heterocycles. The van der Waals surface area contributed by atoms with E-state index < -0.39 is 17.8 Å². The van der Waals surface area contributed by atoms with Crippen LogP contribution in [0, 0.1) is 23.7 Å². The quantitative estimate of drug-likeness (QED) is 0.809. The second kappa shape index (κ2) is 6.44. The third-order valence-corrected chi connectivity index (χ3v) is 6.00. The Bertz CT molecular complexity index is 830. The molecule has 0 saturated heterocycles. The number of aromatic nitrogens is 1. The highest BCUT2D eigenvalue weighted by Crippen LogP contribution is 2.48. The highest BCUT2D eigenvalue weighted by Gasteiger charge is 2.51. The van der Waals surface area contributed by atoms with Crippen LogP contribution in [0.4, 0.5) is 0 Å². The number of carbonyl (C=O) groups excluding carboxylic acids is 1. The summed E-state index contributed by atoms with van der Waals surface area (Å²) in [5.74, 6) is -2.11. The average molecular weight is 354 g/mol. The molecule has 2 aromatic rings. The van der Waals surface area contributed by atoms with Gasteiger partial charge in [-0.15, -0.1) is 11.3 Å². The molecule has 6 heteroatoms. The number of thiazole rings is 1. The van der Waals surface area contributed by atoms with Gasteiger partial charge in [0, 0.05) is 10.9 Å². The summed E-state index contributed by atoms with van der Waals surface area (Å²) < 4.78 is 0. The van der Waals surface area contributed by atoms with Gasteiger partial charge in [-0.1, -0.05) is 42.5 Å². The molecule has 1 heterocycles. The van der Waals surface area contributed by atoms with E-state index in [9.17, 15) is 14.7 Å². The molecule has 4 atom stereocenters. The number of hydrogen-bond acceptors (Lipinski definition) is 4. The predicted molar refractivity (Wildman–Crippen MR) is 94.7 cm³/mol. The minimum Gasteiger partial charge on any atom is -0.481 e. The van der Waals surface area contributed by atoms with E-state index >= 15 is 0 Å². The first-order valence-corrected chi connectivity index (χ1v) is 9.20. The van der Waals surface area contributed by atoms with Crippen LogP contribution < -0.4 is 5.32 Å². The Morgan fingerprint density at radius 3 is 2.60 bits per heavy atom. The first-order valence-electron chi connectivity index (χ1n) is 8.32. The van der Waals surface area contributed by atoms with E-state index in [0.29, 0.717) is 6.54 Å². The van der Waals surface area contributed by atoms with E-state index in [0.717, 1.165) is 22.7 Å². The Morgan fingerprint density at radius 1 is 1.16 bits per heavy atom. The van der Waals surface area contributed by atoms with Crippen LogP contribution in [0.15, 0.2) is 47.9 Å². The van der Waals surface area contributed by atoms with Gasteiger partial charge in [-0.2, -0.15) is 0 Å². The van der Waals surface area contributed by atoms with Gasteiger partial charge in [0.05, 0.1) is 24.1 Å². The number of allylic oxidation sites excluding steroid dienone is 2. The highest BCUT2D eigenvalue weighted by atomic mass is 32.1. The zero-order valence-corrected chi connectivity index (χ0v) is 14.3. The fraction of sp³-hybridized carbons (Fsp3) is 0.316. The number of fused-ring (bicyclic) bond motifs is 2. The lowest BCUT2D eigenvalue weighted by Crippen LogP contribution is -2.39. The molecule has 0 spiro atoms. The molecule has 1 saturated carbocycles. The molecule has 1 aromatic carbocycles. The standard InChI is InChI=1S/C19H18N2O3S/c22-17(15-12-6-7-13(8-12)16(15)19(23)24)20-9-14-10-25-18(21-14)11-4-2-1-3-5-11/h1-7,10,12-13,15-16H,8-9H2,(H,20,22)(H,23,24)/t12-,13-,15+,16+/m0/s1. The Kier molecular flexibility index (Phi) is 4.13. The Balaban J connectivity index is 1.42. The Hall–Kier alpha value is -2.47. The van der Waals surface area contributed by atoms with Crippen LogP contribution in [-0.4, -0.2) is 22.0 Å². The second-order valence-corrected chi connectivity index (χ2v) is 7.42. The van der Waals surface area contributed by atoms with Crippen molar-refractivity contribution in [1.29, 1.82) is 0 Å². The van der Waals surface area contributed by atoms with Crippen LogP contribution in [0.1, 0.15) is 12.1 Å². The molecule has 0 unspecified atom stereocenters. The number of carbonyl (C=O) groups is 2. The summed E-state index contributed by atoms with van der Waals surface area (Å²) in [7, 11) is 0. The third-order valence-electron chi connectivity index (χ3n) is 5.06. The molecule has 5 nitrogen and oxygen atoms in total. The summed E-state index contributed by atoms with van der Waals surface area (Å²) >= 11 is 1.54. The lowest BCUT2D eigenvalue weighted by Gasteiger charge is -2.23. The van der Waals surface area contributed by atoms with Gasteiger partial charge in [-0.05, 0) is 18.3 Å². The number of carboxylic acid groups (broad SMARTS) is 1. The van der Waals surface area contributed by atoms with Crippen molar-refractivity contribution in [2.45, 2.75) is 13.0 Å². The minimum absolute atomic E-state index is 0.0118. The molecule has 2 aliphatic carbocycles. The first kappa shape index (κ1) is 16.0. The van der Waals surface area contributed by atoms with Crippen molar-refractivity contribution in [2.75, 3.05) is 0 Å². The van der Waals surface area contributed by atoms with Crippen LogP contribution in [0.2, 0.25) is 0 Å². The van der Waals surface area contributed by atoms with Crippen molar-refractivity contribution in [1.82, 2.24) is 10.3 Å². The first-order chi connectivity index (χ1) is 12.1. The normalized spacial score (nSPS) is 26.7. The number of carboxylic acids is 1. The maximum absolute atomic E-state index is 12.6. The topological polar surface area (TPSA) is 79.3 Å². The SMILES string of the molecule is O=C(O)[C@H]1[C@H](C(=O)NCc2csc(-c3ccccc3)n2)[C@H]2C=C[C@H]1C2. The lowest BCUT2D eigenvalue weighted by atomic mass is 9.82. The summed E-state index contributed by atoms with van der Waals surface area (Å²) in [5, 5.41) is 15.2. The van der Waals surface area contributed by atoms with E-state index in [4.69, 9.17) is 0 Å². The molecule has 25 heavy (non-hydrogen) atoms. The second-order valence-electron chi connectivity index (χ2n) is 6.57. The third kappa shape index (κ3) is 2.98. The van der Waals surface area contributed by atoms with Gasteiger partial charge in [0.25, 0.3) is 0 Å². The molecule has 1 fully saturated rings. The fourth-order valence-corrected chi connectivity index (χ4v) is 4.74. The molecule has 128 valence electrons. The van der Waals surface area contributed by atoms with Gasteiger partial charge in [-0.25, -0.2) is 4.98 Å². The number of benzene rings is 1. The summed E-state index contributed by atoms with van der Waals surface area (Å²) in [6.07, 6.45) is 4.70. The van der Waals surface area contributed by atoms with Crippen molar-refractivity contribution >= 4 is 23.2 Å². The molecule has 0 aliphatic heterocycles. The van der Waals surface area contributed by atoms with Gasteiger partial charge < -0.3 is 10.4 Å². The van der Waals surface area contributed by atoms with Gasteiger partial charge >= 0.3 is 5.97 Å². The van der Waals surface area contributed by atoms with Crippen LogP contribution >= 0.6 is 11.3 Å². The molecule has 2 aliphatic rings. The molecule has 2 N–H and O–H groups in total. The molecule has 1 amide bonds. The predicted octanol–water partition coefficient (Wildman–Crippen LogP) is 2.95. The van der Waals surface area contributed by atoms with Crippen molar-refractivity contribution < 1.29 is 14.7 Å². The number of rotatable bonds is 5. The highest BCUT2D eigenvalue weighted by molar-refractivity contribution is 7.13. The van der Waals surface area contributed by atoms with Crippen LogP contribution in [0.25, 0.3) is 10.6 Å². The monoisotopic (exact) mass is 354 g/mol. The van der Waals surface area contributed by atoms with E-state index in [2.05, 4.69) is 10.3 Å². The molecular formula is C19H18N2O3S. The summed E-state index contributed by atoms with van der Waals surface area (Å²) in [4.78, 5) is 28.6. The number of hydrogen-bond donors (Lipinski definition) is 2. The molecule has 4 rings (SSSR count). The smallest absolute Gasteiger partial charge is 0.307 e. The van der Waals surface area contributed by atoms with Crippen LogP contribution in [0.3, 0.4) is 0 Å². The van der Waals surface area contributed by atoms with E-state index in [1.165, 1.54) is 11.3 Å². The van der Waals surface area contributed by atoms with Crippen molar-refractivity contribution in [3.05, 3.63) is 53.6 Å². The van der Waals surface area contributed by atoms with Gasteiger partial charge in [0.1, 0.15) is 5.01 Å². The Labute approximate surface area is 149 Å². The molecule has 2 bridgehead atoms. The number of amides is 1. The van der Waals surface area contributed by atoms with E-state index in [1.54, 1.807) is 0 Å². The summed E-state index contributed by atoms with van der Waals surface area (Å²) in [6, 6.07) is 9.89. The maximum atomic E-state index is 12.6. The Morgan fingerprint density at radius 2 is 1.88 bits per heavy atom. The van der Waals surface area contributed by atoms with Gasteiger partial charge in [0.2, 0.25) is 5.91 Å². The average Bonchev–Trinajstić information content (AvgIpc) is 3.35. The lowest BCUT2D eigenvalue weighted by molar-refractivity contribution is -0.147. The van der Waals surface area contributed by atoms with Gasteiger partial charge in [-0.3, -0.25) is 9.59 Å². The van der Waals surface area contributed by atoms with Crippen molar-refractivity contribution in [3.8, 4) is 10.6 Å².